The first-order valence-electron chi connectivity index (χ1n) is 9.42. The second kappa shape index (κ2) is 9.92. The summed E-state index contributed by atoms with van der Waals surface area (Å²) >= 11 is 0. The van der Waals surface area contributed by atoms with Crippen molar-refractivity contribution >= 4 is 5.97 Å². The van der Waals surface area contributed by atoms with Crippen molar-refractivity contribution in [2.45, 2.75) is 75.1 Å². The summed E-state index contributed by atoms with van der Waals surface area (Å²) in [5.74, 6) is -3.54. The van der Waals surface area contributed by atoms with Gasteiger partial charge in [0.25, 0.3) is 0 Å². The molecule has 0 aliphatic carbocycles. The van der Waals surface area contributed by atoms with E-state index in [0.29, 0.717) is 6.42 Å². The maximum atomic E-state index is 12.2. The number of carbonyl (C=O) groups excluding carboxylic acids is 1. The normalized spacial score (nSPS) is 43.9. The van der Waals surface area contributed by atoms with E-state index in [0.717, 1.165) is 0 Å². The molecule has 0 aromatic carbocycles. The smallest absolute Gasteiger partial charge is 0.309 e. The zero-order valence-corrected chi connectivity index (χ0v) is 16.2. The molecule has 0 aromatic heterocycles. The topological polar surface area (TPSA) is 196 Å². The molecule has 0 bridgehead atoms. The van der Waals surface area contributed by atoms with Crippen LogP contribution >= 0.6 is 0 Å². The number of aliphatic hydroxyl groups is 7. The fourth-order valence-electron chi connectivity index (χ4n) is 3.16. The van der Waals surface area contributed by atoms with Crippen LogP contribution in [0.15, 0.2) is 0 Å². The minimum Gasteiger partial charge on any atom is -0.454 e. The number of aliphatic hydroxyl groups excluding tert-OH is 7. The van der Waals surface area contributed by atoms with Crippen LogP contribution in [-0.4, -0.2) is 116 Å². The molecule has 10 atom stereocenters. The van der Waals surface area contributed by atoms with Gasteiger partial charge in [-0.3, -0.25) is 4.79 Å². The molecule has 2 aliphatic heterocycles. The van der Waals surface area contributed by atoms with E-state index < -0.39 is 86.5 Å². The summed E-state index contributed by atoms with van der Waals surface area (Å²) in [5.41, 5.74) is 0. The van der Waals surface area contributed by atoms with Gasteiger partial charge in [-0.2, -0.15) is 0 Å². The summed E-state index contributed by atoms with van der Waals surface area (Å²) in [6, 6.07) is 0. The van der Waals surface area contributed by atoms with Gasteiger partial charge in [-0.25, -0.2) is 0 Å². The van der Waals surface area contributed by atoms with Gasteiger partial charge in [-0.1, -0.05) is 13.8 Å². The van der Waals surface area contributed by atoms with Gasteiger partial charge in [-0.15, -0.1) is 0 Å². The van der Waals surface area contributed by atoms with Crippen molar-refractivity contribution in [3.63, 3.8) is 0 Å². The molecule has 0 spiro atoms. The molecule has 29 heavy (non-hydrogen) atoms. The molecular formula is C17H30O12. The van der Waals surface area contributed by atoms with Gasteiger partial charge in [0, 0.05) is 0 Å². The highest BCUT2D eigenvalue weighted by Crippen LogP contribution is 2.36. The molecule has 12 nitrogen and oxygen atoms in total. The Bertz CT molecular complexity index is 547. The van der Waals surface area contributed by atoms with Crippen LogP contribution in [0.1, 0.15) is 20.3 Å². The molecule has 0 amide bonds. The highest BCUT2D eigenvalue weighted by Gasteiger charge is 2.59. The van der Waals surface area contributed by atoms with Crippen LogP contribution in [-0.2, 0) is 23.7 Å². The average molecular weight is 426 g/mol. The highest BCUT2D eigenvalue weighted by atomic mass is 16.8. The second-order valence-electron chi connectivity index (χ2n) is 7.28. The van der Waals surface area contributed by atoms with E-state index in [1.807, 2.05) is 0 Å². The molecule has 0 aromatic rings. The predicted molar refractivity (Wildman–Crippen MR) is 92.0 cm³/mol. The van der Waals surface area contributed by atoms with Crippen LogP contribution in [0.4, 0.5) is 0 Å². The molecule has 0 saturated carbocycles. The Morgan fingerprint density at radius 1 is 1.03 bits per heavy atom. The lowest BCUT2D eigenvalue weighted by molar-refractivity contribution is -0.384. The standard InChI is InChI=1S/C17H30O12/c1-3-7(2)15(25)27-13-12(23)10(21)8(4-18)26-16(13)29-17(6-20)14(24)11(22)9(5-19)28-17/h7-14,16,18-24H,3-6H2,1-2H3/t7?,8-,9-,10-,11-,12+,13-,14+,16-,17+/m1/s1. The summed E-state index contributed by atoms with van der Waals surface area (Å²) in [7, 11) is 0. The molecule has 2 rings (SSSR count). The lowest BCUT2D eigenvalue weighted by atomic mass is 9.98. The third kappa shape index (κ3) is 4.71. The fourth-order valence-corrected chi connectivity index (χ4v) is 3.16. The van der Waals surface area contributed by atoms with Crippen LogP contribution in [0.2, 0.25) is 0 Å². The fraction of sp³-hybridized carbons (Fsp3) is 0.941. The number of hydrogen-bond acceptors (Lipinski definition) is 12. The number of ether oxygens (including phenoxy) is 4. The molecule has 12 heteroatoms. The van der Waals surface area contributed by atoms with Gasteiger partial charge < -0.3 is 54.7 Å². The lowest BCUT2D eigenvalue weighted by Crippen LogP contribution is -2.63. The predicted octanol–water partition coefficient (Wildman–Crippen LogP) is -3.80. The van der Waals surface area contributed by atoms with E-state index in [-0.39, 0.29) is 0 Å². The van der Waals surface area contributed by atoms with Crippen molar-refractivity contribution in [2.75, 3.05) is 19.8 Å². The van der Waals surface area contributed by atoms with Gasteiger partial charge >= 0.3 is 5.97 Å². The first kappa shape index (κ1) is 24.3. The van der Waals surface area contributed by atoms with Gasteiger partial charge in [0.05, 0.1) is 19.1 Å². The van der Waals surface area contributed by atoms with Crippen LogP contribution in [0.25, 0.3) is 0 Å². The molecule has 170 valence electrons. The number of rotatable bonds is 8. The monoisotopic (exact) mass is 426 g/mol. The van der Waals surface area contributed by atoms with Gasteiger partial charge in [0.1, 0.15) is 43.2 Å². The minimum absolute atomic E-state index is 0.433. The quantitative estimate of drug-likeness (QED) is 0.187. The molecule has 0 radical (unpaired) electrons. The largest absolute Gasteiger partial charge is 0.454 e. The molecule has 2 fully saturated rings. The first-order valence-corrected chi connectivity index (χ1v) is 9.42. The molecular weight excluding hydrogens is 396 g/mol. The van der Waals surface area contributed by atoms with Crippen molar-refractivity contribution < 1.29 is 59.5 Å². The van der Waals surface area contributed by atoms with Gasteiger partial charge in [-0.05, 0) is 6.42 Å². The van der Waals surface area contributed by atoms with Crippen LogP contribution < -0.4 is 0 Å². The highest BCUT2D eigenvalue weighted by molar-refractivity contribution is 5.72. The summed E-state index contributed by atoms with van der Waals surface area (Å²) in [4.78, 5) is 12.2. The summed E-state index contributed by atoms with van der Waals surface area (Å²) < 4.78 is 21.4. The summed E-state index contributed by atoms with van der Waals surface area (Å²) in [5, 5.41) is 69.2. The Morgan fingerprint density at radius 3 is 2.14 bits per heavy atom. The Labute approximate surface area is 167 Å². The van der Waals surface area contributed by atoms with Crippen LogP contribution in [0, 0.1) is 5.92 Å². The third-order valence-corrected chi connectivity index (χ3v) is 5.31. The lowest BCUT2D eigenvalue weighted by Gasteiger charge is -2.44. The summed E-state index contributed by atoms with van der Waals surface area (Å²) in [6.45, 7) is 0.923. The number of carbonyl (C=O) groups is 1. The van der Waals surface area contributed by atoms with Crippen LogP contribution in [0.5, 0.6) is 0 Å². The SMILES string of the molecule is CCC(C)C(=O)O[C@H]1[C@@H](O[C@]2(CO)O[C@H](CO)[C@@H](O)[C@@H]2O)O[C@H](CO)[C@@H](O)[C@@H]1O. The molecule has 7 N–H and O–H groups in total. The van der Waals surface area contributed by atoms with E-state index in [9.17, 15) is 40.5 Å². The first-order chi connectivity index (χ1) is 13.6. The number of hydrogen-bond donors (Lipinski definition) is 7. The van der Waals surface area contributed by atoms with E-state index in [1.54, 1.807) is 13.8 Å². The maximum Gasteiger partial charge on any atom is 0.309 e. The second-order valence-corrected chi connectivity index (χ2v) is 7.28. The van der Waals surface area contributed by atoms with Crippen molar-refractivity contribution in [1.29, 1.82) is 0 Å². The molecule has 2 saturated heterocycles. The van der Waals surface area contributed by atoms with Crippen molar-refractivity contribution in [1.82, 2.24) is 0 Å². The minimum atomic E-state index is -2.28. The average Bonchev–Trinajstić information content (AvgIpc) is 2.97. The van der Waals surface area contributed by atoms with Crippen molar-refractivity contribution in [3.8, 4) is 0 Å². The van der Waals surface area contributed by atoms with E-state index in [4.69, 9.17) is 18.9 Å². The molecule has 1 unspecified atom stereocenters. The molecule has 2 aliphatic rings. The Balaban J connectivity index is 2.30. The van der Waals surface area contributed by atoms with Gasteiger partial charge in [0.2, 0.25) is 12.1 Å². The van der Waals surface area contributed by atoms with Crippen molar-refractivity contribution in [2.24, 2.45) is 5.92 Å². The van der Waals surface area contributed by atoms with Crippen LogP contribution in [0.3, 0.4) is 0 Å². The third-order valence-electron chi connectivity index (χ3n) is 5.31. The maximum absolute atomic E-state index is 12.2. The number of esters is 1. The zero-order valence-electron chi connectivity index (χ0n) is 16.2. The van der Waals surface area contributed by atoms with E-state index in [1.165, 1.54) is 0 Å². The molecule has 2 heterocycles. The van der Waals surface area contributed by atoms with E-state index >= 15 is 0 Å². The Hall–Kier alpha value is -0.930. The van der Waals surface area contributed by atoms with E-state index in [2.05, 4.69) is 0 Å². The Morgan fingerprint density at radius 2 is 1.66 bits per heavy atom. The summed E-state index contributed by atoms with van der Waals surface area (Å²) in [6.07, 6.45) is -12.3. The van der Waals surface area contributed by atoms with Crippen molar-refractivity contribution in [3.05, 3.63) is 0 Å². The Kier molecular flexibility index (Phi) is 8.32. The van der Waals surface area contributed by atoms with Gasteiger partial charge in [0.15, 0.2) is 6.10 Å². The zero-order chi connectivity index (χ0) is 21.9.